The van der Waals surface area contributed by atoms with E-state index < -0.39 is 11.9 Å². The average Bonchev–Trinajstić information content (AvgIpc) is 2.42. The molecule has 0 aliphatic rings. The maximum atomic E-state index is 12.4. The Bertz CT molecular complexity index is 607. The van der Waals surface area contributed by atoms with Crippen molar-refractivity contribution in [3.05, 3.63) is 58.7 Å². The van der Waals surface area contributed by atoms with Gasteiger partial charge in [-0.1, -0.05) is 12.1 Å². The molecule has 6 heteroatoms. The third-order valence-electron chi connectivity index (χ3n) is 3.17. The van der Waals surface area contributed by atoms with Gasteiger partial charge >= 0.3 is 6.18 Å². The molecule has 0 unspecified atom stereocenters. The summed E-state index contributed by atoms with van der Waals surface area (Å²) in [5.74, 6) is 0. The minimum atomic E-state index is -4.39. The van der Waals surface area contributed by atoms with Crippen LogP contribution in [0.4, 0.5) is 13.2 Å². The fourth-order valence-electron chi connectivity index (χ4n) is 1.85. The Morgan fingerprint density at radius 1 is 1.00 bits per heavy atom. The quantitative estimate of drug-likeness (QED) is 0.939. The van der Waals surface area contributed by atoms with E-state index in [0.29, 0.717) is 18.7 Å². The van der Waals surface area contributed by atoms with Crippen LogP contribution in [0.15, 0.2) is 30.6 Å². The molecule has 112 valence electrons. The summed E-state index contributed by atoms with van der Waals surface area (Å²) in [4.78, 5) is 7.69. The molecule has 2 aromatic rings. The molecule has 0 saturated heterocycles. The number of aryl methyl sites for hydroxylation is 2. The summed E-state index contributed by atoms with van der Waals surface area (Å²) in [7, 11) is 0. The number of halogens is 3. The van der Waals surface area contributed by atoms with E-state index in [1.165, 1.54) is 12.3 Å². The molecular formula is C15H16F3N3. The highest BCUT2D eigenvalue weighted by atomic mass is 19.4. The summed E-state index contributed by atoms with van der Waals surface area (Å²) in [6.45, 7) is 5.00. The van der Waals surface area contributed by atoms with Gasteiger partial charge in [-0.15, -0.1) is 0 Å². The van der Waals surface area contributed by atoms with E-state index in [1.54, 1.807) is 6.20 Å². The SMILES string of the molecule is Cc1cc(CNCc2ccc(C(F)(F)F)nc2)cnc1C. The molecule has 2 aromatic heterocycles. The zero-order valence-electron chi connectivity index (χ0n) is 11.8. The van der Waals surface area contributed by atoms with Crippen molar-refractivity contribution in [2.45, 2.75) is 33.1 Å². The number of rotatable bonds is 4. The second-order valence-corrected chi connectivity index (χ2v) is 4.90. The minimum absolute atomic E-state index is 0.456. The smallest absolute Gasteiger partial charge is 0.309 e. The standard InChI is InChI=1S/C15H16F3N3/c1-10-5-13(9-20-11(10)2)7-19-6-12-3-4-14(21-8-12)15(16,17)18/h3-5,8-9,19H,6-7H2,1-2H3. The van der Waals surface area contributed by atoms with E-state index in [-0.39, 0.29) is 0 Å². The first-order valence-electron chi connectivity index (χ1n) is 6.51. The van der Waals surface area contributed by atoms with Crippen LogP contribution in [0, 0.1) is 13.8 Å². The number of hydrogen-bond donors (Lipinski definition) is 1. The zero-order valence-corrected chi connectivity index (χ0v) is 11.8. The van der Waals surface area contributed by atoms with Gasteiger partial charge < -0.3 is 5.32 Å². The Labute approximate surface area is 121 Å². The highest BCUT2D eigenvalue weighted by Gasteiger charge is 2.31. The molecule has 0 radical (unpaired) electrons. The van der Waals surface area contributed by atoms with Gasteiger partial charge in [0, 0.05) is 31.2 Å². The molecule has 21 heavy (non-hydrogen) atoms. The second-order valence-electron chi connectivity index (χ2n) is 4.90. The van der Waals surface area contributed by atoms with Crippen molar-refractivity contribution in [3.8, 4) is 0 Å². The third kappa shape index (κ3) is 4.26. The van der Waals surface area contributed by atoms with E-state index in [9.17, 15) is 13.2 Å². The molecular weight excluding hydrogens is 279 g/mol. The summed E-state index contributed by atoms with van der Waals surface area (Å²) in [5, 5.41) is 3.16. The molecule has 2 rings (SSSR count). The number of nitrogens with zero attached hydrogens (tertiary/aromatic N) is 2. The molecule has 0 aromatic carbocycles. The lowest BCUT2D eigenvalue weighted by molar-refractivity contribution is -0.141. The van der Waals surface area contributed by atoms with Crippen molar-refractivity contribution in [2.24, 2.45) is 0 Å². The molecule has 0 fully saturated rings. The maximum Gasteiger partial charge on any atom is 0.433 e. The minimum Gasteiger partial charge on any atom is -0.309 e. The van der Waals surface area contributed by atoms with E-state index in [1.807, 2.05) is 19.9 Å². The van der Waals surface area contributed by atoms with Crippen molar-refractivity contribution < 1.29 is 13.2 Å². The largest absolute Gasteiger partial charge is 0.433 e. The van der Waals surface area contributed by atoms with Crippen LogP contribution in [-0.2, 0) is 19.3 Å². The third-order valence-corrected chi connectivity index (χ3v) is 3.17. The highest BCUT2D eigenvalue weighted by Crippen LogP contribution is 2.27. The summed E-state index contributed by atoms with van der Waals surface area (Å²) in [5.41, 5.74) is 2.98. The lowest BCUT2D eigenvalue weighted by atomic mass is 10.1. The van der Waals surface area contributed by atoms with Crippen LogP contribution in [0.25, 0.3) is 0 Å². The number of hydrogen-bond acceptors (Lipinski definition) is 3. The summed E-state index contributed by atoms with van der Waals surface area (Å²) in [6, 6.07) is 4.47. The first-order valence-corrected chi connectivity index (χ1v) is 6.51. The summed E-state index contributed by atoms with van der Waals surface area (Å²) in [6.07, 6.45) is -1.36. The van der Waals surface area contributed by atoms with Crippen molar-refractivity contribution in [2.75, 3.05) is 0 Å². The second kappa shape index (κ2) is 6.22. The summed E-state index contributed by atoms with van der Waals surface area (Å²) < 4.78 is 37.1. The number of pyridine rings is 2. The van der Waals surface area contributed by atoms with Gasteiger partial charge in [-0.25, -0.2) is 0 Å². The number of aromatic nitrogens is 2. The maximum absolute atomic E-state index is 12.4. The van der Waals surface area contributed by atoms with Gasteiger partial charge in [0.1, 0.15) is 5.69 Å². The first-order chi connectivity index (χ1) is 9.86. The van der Waals surface area contributed by atoms with Gasteiger partial charge in [-0.05, 0) is 36.6 Å². The molecule has 2 heterocycles. The molecule has 0 aliphatic heterocycles. The van der Waals surface area contributed by atoms with Gasteiger partial charge in [0.25, 0.3) is 0 Å². The Morgan fingerprint density at radius 3 is 2.24 bits per heavy atom. The van der Waals surface area contributed by atoms with Crippen molar-refractivity contribution in [1.29, 1.82) is 0 Å². The summed E-state index contributed by atoms with van der Waals surface area (Å²) >= 11 is 0. The molecule has 0 saturated carbocycles. The number of nitrogens with one attached hydrogen (secondary N) is 1. The van der Waals surface area contributed by atoms with Crippen LogP contribution in [-0.4, -0.2) is 9.97 Å². The van der Waals surface area contributed by atoms with Gasteiger partial charge in [0.05, 0.1) is 0 Å². The Kier molecular flexibility index (Phi) is 4.57. The highest BCUT2D eigenvalue weighted by molar-refractivity contribution is 5.23. The molecule has 3 nitrogen and oxygen atoms in total. The van der Waals surface area contributed by atoms with Crippen LogP contribution in [0.3, 0.4) is 0 Å². The van der Waals surface area contributed by atoms with Crippen LogP contribution < -0.4 is 5.32 Å². The van der Waals surface area contributed by atoms with Crippen LogP contribution in [0.5, 0.6) is 0 Å². The molecule has 0 amide bonds. The Hall–Kier alpha value is -1.95. The lowest BCUT2D eigenvalue weighted by Crippen LogP contribution is -2.14. The van der Waals surface area contributed by atoms with E-state index in [2.05, 4.69) is 15.3 Å². The fraction of sp³-hybridized carbons (Fsp3) is 0.333. The van der Waals surface area contributed by atoms with Gasteiger partial charge in [-0.2, -0.15) is 13.2 Å². The first kappa shape index (κ1) is 15.4. The molecule has 0 bridgehead atoms. The fourth-order valence-corrected chi connectivity index (χ4v) is 1.85. The van der Waals surface area contributed by atoms with Crippen LogP contribution >= 0.6 is 0 Å². The molecule has 0 spiro atoms. The monoisotopic (exact) mass is 295 g/mol. The molecule has 0 aliphatic carbocycles. The predicted molar refractivity (Wildman–Crippen MR) is 73.5 cm³/mol. The van der Waals surface area contributed by atoms with Crippen LogP contribution in [0.2, 0.25) is 0 Å². The molecule has 1 N–H and O–H groups in total. The van der Waals surface area contributed by atoms with Crippen molar-refractivity contribution >= 4 is 0 Å². The topological polar surface area (TPSA) is 37.8 Å². The van der Waals surface area contributed by atoms with Gasteiger partial charge in [0.15, 0.2) is 0 Å². The van der Waals surface area contributed by atoms with Crippen molar-refractivity contribution in [3.63, 3.8) is 0 Å². The number of alkyl halides is 3. The normalized spacial score (nSPS) is 11.7. The van der Waals surface area contributed by atoms with E-state index in [0.717, 1.165) is 22.9 Å². The Morgan fingerprint density at radius 2 is 1.67 bits per heavy atom. The van der Waals surface area contributed by atoms with Crippen LogP contribution in [0.1, 0.15) is 28.1 Å². The zero-order chi connectivity index (χ0) is 15.5. The van der Waals surface area contributed by atoms with Gasteiger partial charge in [0.2, 0.25) is 0 Å². The Balaban J connectivity index is 1.90. The lowest BCUT2D eigenvalue weighted by Gasteiger charge is -2.08. The average molecular weight is 295 g/mol. The van der Waals surface area contributed by atoms with E-state index in [4.69, 9.17) is 0 Å². The van der Waals surface area contributed by atoms with Crippen molar-refractivity contribution in [1.82, 2.24) is 15.3 Å². The van der Waals surface area contributed by atoms with Gasteiger partial charge in [-0.3, -0.25) is 9.97 Å². The molecule has 0 atom stereocenters. The predicted octanol–water partition coefficient (Wildman–Crippen LogP) is 3.40. The van der Waals surface area contributed by atoms with E-state index >= 15 is 0 Å².